The van der Waals surface area contributed by atoms with Crippen LogP contribution in [0.3, 0.4) is 0 Å². The topological polar surface area (TPSA) is 68.5 Å². The number of nitrogens with zero attached hydrogens (tertiary/aromatic N) is 5. The fraction of sp³-hybridized carbons (Fsp3) is 0.0588. The van der Waals surface area contributed by atoms with Gasteiger partial charge in [0.15, 0.2) is 5.65 Å². The molecule has 0 saturated carbocycles. The van der Waals surface area contributed by atoms with E-state index in [-0.39, 0.29) is 0 Å². The molecule has 0 amide bonds. The Labute approximate surface area is 153 Å². The molecule has 4 aromatic rings. The predicted octanol–water partition coefficient (Wildman–Crippen LogP) is 4.13. The first-order valence-electron chi connectivity index (χ1n) is 7.50. The summed E-state index contributed by atoms with van der Waals surface area (Å²) in [6.07, 6.45) is 4.98. The van der Waals surface area contributed by atoms with E-state index >= 15 is 0 Å². The molecule has 0 unspecified atom stereocenters. The third-order valence-electron chi connectivity index (χ3n) is 3.68. The smallest absolute Gasteiger partial charge is 0.168 e. The van der Waals surface area contributed by atoms with Gasteiger partial charge in [0.25, 0.3) is 0 Å². The number of nitrogens with one attached hydrogen (secondary N) is 1. The van der Waals surface area contributed by atoms with Gasteiger partial charge in [0.2, 0.25) is 0 Å². The van der Waals surface area contributed by atoms with Crippen molar-refractivity contribution < 1.29 is 0 Å². The third kappa shape index (κ3) is 3.14. The van der Waals surface area contributed by atoms with E-state index < -0.39 is 0 Å². The van der Waals surface area contributed by atoms with Crippen molar-refractivity contribution >= 4 is 40.1 Å². The number of hydrogen-bond donors (Lipinski definition) is 1. The van der Waals surface area contributed by atoms with Crippen molar-refractivity contribution in [2.75, 3.05) is 5.32 Å². The molecular weight excluding hydrogens is 359 g/mol. The summed E-state index contributed by atoms with van der Waals surface area (Å²) in [5.74, 6) is 0.696. The van der Waals surface area contributed by atoms with Crippen LogP contribution in [-0.2, 0) is 6.54 Å². The van der Waals surface area contributed by atoms with E-state index in [9.17, 15) is 0 Å². The summed E-state index contributed by atoms with van der Waals surface area (Å²) >= 11 is 12.1. The maximum absolute atomic E-state index is 6.11. The zero-order chi connectivity index (χ0) is 17.2. The van der Waals surface area contributed by atoms with Crippen LogP contribution in [-0.4, -0.2) is 24.7 Å². The number of benzene rings is 1. The second-order valence-electron chi connectivity index (χ2n) is 5.29. The van der Waals surface area contributed by atoms with E-state index in [1.54, 1.807) is 29.2 Å². The van der Waals surface area contributed by atoms with Crippen LogP contribution in [0.15, 0.2) is 55.1 Å². The molecule has 0 radical (unpaired) electrons. The number of pyridine rings is 1. The van der Waals surface area contributed by atoms with Crippen molar-refractivity contribution in [2.24, 2.45) is 0 Å². The molecule has 1 aromatic carbocycles. The van der Waals surface area contributed by atoms with Crippen LogP contribution in [0.25, 0.3) is 16.7 Å². The van der Waals surface area contributed by atoms with Gasteiger partial charge < -0.3 is 5.32 Å². The van der Waals surface area contributed by atoms with Gasteiger partial charge in [0, 0.05) is 6.20 Å². The van der Waals surface area contributed by atoms with Gasteiger partial charge in [0.05, 0.1) is 39.6 Å². The van der Waals surface area contributed by atoms with Gasteiger partial charge in [-0.05, 0) is 30.3 Å². The van der Waals surface area contributed by atoms with Crippen LogP contribution >= 0.6 is 23.2 Å². The largest absolute Gasteiger partial charge is 0.364 e. The van der Waals surface area contributed by atoms with Gasteiger partial charge in [-0.3, -0.25) is 4.98 Å². The second-order valence-corrected chi connectivity index (χ2v) is 6.10. The second kappa shape index (κ2) is 6.66. The minimum Gasteiger partial charge on any atom is -0.364 e. The summed E-state index contributed by atoms with van der Waals surface area (Å²) in [7, 11) is 0. The number of fused-ring (bicyclic) bond motifs is 1. The highest BCUT2D eigenvalue weighted by Crippen LogP contribution is 2.27. The number of aromatic nitrogens is 5. The molecule has 6 nitrogen and oxygen atoms in total. The molecular formula is C17H12Cl2N6. The molecule has 0 atom stereocenters. The Hall–Kier alpha value is -2.70. The molecule has 0 aliphatic carbocycles. The Morgan fingerprint density at radius 3 is 2.72 bits per heavy atom. The van der Waals surface area contributed by atoms with E-state index in [0.29, 0.717) is 28.1 Å². The molecule has 0 aliphatic rings. The number of rotatable bonds is 4. The summed E-state index contributed by atoms with van der Waals surface area (Å²) in [4.78, 5) is 12.9. The van der Waals surface area contributed by atoms with Crippen LogP contribution in [0.1, 0.15) is 5.69 Å². The van der Waals surface area contributed by atoms with Gasteiger partial charge in [-0.1, -0.05) is 29.3 Å². The molecule has 25 heavy (non-hydrogen) atoms. The zero-order valence-corrected chi connectivity index (χ0v) is 14.4. The Morgan fingerprint density at radius 2 is 1.92 bits per heavy atom. The van der Waals surface area contributed by atoms with Crippen LogP contribution in [0.4, 0.5) is 5.82 Å². The Balaban J connectivity index is 1.69. The van der Waals surface area contributed by atoms with Crippen LogP contribution in [0.5, 0.6) is 0 Å². The summed E-state index contributed by atoms with van der Waals surface area (Å²) in [5, 5.41) is 9.45. The quantitative estimate of drug-likeness (QED) is 0.584. The minimum atomic E-state index is 0.463. The summed E-state index contributed by atoms with van der Waals surface area (Å²) < 4.78 is 1.70. The van der Waals surface area contributed by atoms with Crippen molar-refractivity contribution in [3.63, 3.8) is 0 Å². The minimum absolute atomic E-state index is 0.463. The maximum atomic E-state index is 6.11. The monoisotopic (exact) mass is 370 g/mol. The molecule has 4 rings (SSSR count). The highest BCUT2D eigenvalue weighted by atomic mass is 35.5. The lowest BCUT2D eigenvalue weighted by Crippen LogP contribution is -2.04. The van der Waals surface area contributed by atoms with Gasteiger partial charge in [0.1, 0.15) is 12.1 Å². The lowest BCUT2D eigenvalue weighted by atomic mass is 10.3. The van der Waals surface area contributed by atoms with Gasteiger partial charge in [-0.2, -0.15) is 5.10 Å². The van der Waals surface area contributed by atoms with Crippen molar-refractivity contribution in [1.82, 2.24) is 24.7 Å². The number of halogens is 2. The average molecular weight is 371 g/mol. The fourth-order valence-electron chi connectivity index (χ4n) is 2.47. The Morgan fingerprint density at radius 1 is 1.00 bits per heavy atom. The number of hydrogen-bond acceptors (Lipinski definition) is 5. The summed E-state index contributed by atoms with van der Waals surface area (Å²) in [5.41, 5.74) is 2.38. The molecule has 0 aliphatic heterocycles. The standard InChI is InChI=1S/C17H12Cl2N6/c18-14-5-4-12(7-15(14)19)25-17-13(9-24-25)16(22-10-23-17)21-8-11-3-1-2-6-20-11/h1-7,9-10H,8H2,(H,21,22,23). The van der Waals surface area contributed by atoms with Crippen molar-refractivity contribution in [2.45, 2.75) is 6.54 Å². The molecule has 3 heterocycles. The SMILES string of the molecule is Clc1ccc(-n2ncc3c(NCc4ccccn4)ncnc32)cc1Cl. The highest BCUT2D eigenvalue weighted by molar-refractivity contribution is 6.42. The molecule has 8 heteroatoms. The Bertz CT molecular complexity index is 1030. The Kier molecular flexibility index (Phi) is 4.21. The average Bonchev–Trinajstić information content (AvgIpc) is 3.08. The van der Waals surface area contributed by atoms with Crippen LogP contribution in [0, 0.1) is 0 Å². The molecule has 0 saturated heterocycles. The molecule has 124 valence electrons. The van der Waals surface area contributed by atoms with Gasteiger partial charge in [-0.15, -0.1) is 0 Å². The lowest BCUT2D eigenvalue weighted by molar-refractivity contribution is 0.895. The number of anilines is 1. The van der Waals surface area contributed by atoms with E-state index in [4.69, 9.17) is 23.2 Å². The van der Waals surface area contributed by atoms with E-state index in [2.05, 4.69) is 25.4 Å². The molecule has 1 N–H and O–H groups in total. The highest BCUT2D eigenvalue weighted by Gasteiger charge is 2.12. The van der Waals surface area contributed by atoms with Crippen molar-refractivity contribution in [3.8, 4) is 5.69 Å². The fourth-order valence-corrected chi connectivity index (χ4v) is 2.76. The zero-order valence-electron chi connectivity index (χ0n) is 12.9. The first kappa shape index (κ1) is 15.8. The van der Waals surface area contributed by atoms with Gasteiger partial charge >= 0.3 is 0 Å². The first-order valence-corrected chi connectivity index (χ1v) is 8.26. The molecule has 0 bridgehead atoms. The van der Waals surface area contributed by atoms with E-state index in [1.807, 2.05) is 24.3 Å². The predicted molar refractivity (Wildman–Crippen MR) is 98.2 cm³/mol. The van der Waals surface area contributed by atoms with Gasteiger partial charge in [-0.25, -0.2) is 14.6 Å². The molecule has 3 aromatic heterocycles. The van der Waals surface area contributed by atoms with Crippen molar-refractivity contribution in [1.29, 1.82) is 0 Å². The molecule has 0 fully saturated rings. The first-order chi connectivity index (χ1) is 12.2. The lowest BCUT2D eigenvalue weighted by Gasteiger charge is -2.07. The normalized spacial score (nSPS) is 11.0. The van der Waals surface area contributed by atoms with Crippen LogP contribution < -0.4 is 5.32 Å². The molecule has 0 spiro atoms. The van der Waals surface area contributed by atoms with E-state index in [1.165, 1.54) is 6.33 Å². The summed E-state index contributed by atoms with van der Waals surface area (Å²) in [6, 6.07) is 11.1. The third-order valence-corrected chi connectivity index (χ3v) is 4.42. The maximum Gasteiger partial charge on any atom is 0.168 e. The van der Waals surface area contributed by atoms with Crippen LogP contribution in [0.2, 0.25) is 10.0 Å². The van der Waals surface area contributed by atoms with E-state index in [0.717, 1.165) is 16.8 Å². The summed E-state index contributed by atoms with van der Waals surface area (Å²) in [6.45, 7) is 0.560. The van der Waals surface area contributed by atoms with Crippen molar-refractivity contribution in [3.05, 3.63) is 70.9 Å².